The first kappa shape index (κ1) is 31.5. The van der Waals surface area contributed by atoms with Gasteiger partial charge in [-0.2, -0.15) is 27.1 Å². The zero-order valence-corrected chi connectivity index (χ0v) is 22.6. The molecule has 0 spiro atoms. The number of carbonyl (C=O) groups is 2. The average Bonchev–Trinajstić information content (AvgIpc) is 3.54. The molecule has 10 nitrogen and oxygen atoms in total. The maximum atomic E-state index is 12.8. The van der Waals surface area contributed by atoms with E-state index in [1.165, 1.54) is 22.2 Å². The van der Waals surface area contributed by atoms with Gasteiger partial charge in [0.2, 0.25) is 5.91 Å². The Hall–Kier alpha value is -4.05. The molecule has 0 saturated carbocycles. The van der Waals surface area contributed by atoms with Gasteiger partial charge in [-0.05, 0) is 34.7 Å². The van der Waals surface area contributed by atoms with Crippen LogP contribution in [0.25, 0.3) is 11.1 Å². The maximum Gasteiger partial charge on any atom is 0.490 e. The number of alkyl halides is 3. The number of hydrogen-bond acceptors (Lipinski definition) is 7. The van der Waals surface area contributed by atoms with Crippen molar-refractivity contribution in [2.75, 3.05) is 37.6 Å². The molecular formula is C25H27F5N6O4S. The molecule has 3 aromatic rings. The van der Waals surface area contributed by atoms with E-state index in [2.05, 4.69) is 34.3 Å². The van der Waals surface area contributed by atoms with Gasteiger partial charge in [0.05, 0.1) is 13.1 Å². The Morgan fingerprint density at radius 3 is 2.20 bits per heavy atom. The number of aliphatic carboxylic acids is 1. The average molecular weight is 603 g/mol. The lowest BCUT2D eigenvalue weighted by Crippen LogP contribution is -2.48. The lowest BCUT2D eigenvalue weighted by molar-refractivity contribution is -0.192. The Morgan fingerprint density at radius 2 is 1.68 bits per heavy atom. The van der Waals surface area contributed by atoms with Crippen molar-refractivity contribution < 1.29 is 36.6 Å². The van der Waals surface area contributed by atoms with Gasteiger partial charge in [-0.15, -0.1) is 11.3 Å². The quantitative estimate of drug-likeness (QED) is 0.398. The van der Waals surface area contributed by atoms with E-state index in [-0.39, 0.29) is 24.6 Å². The summed E-state index contributed by atoms with van der Waals surface area (Å²) in [6.45, 7) is 4.34. The predicted octanol–water partition coefficient (Wildman–Crippen LogP) is 3.23. The molecule has 0 radical (unpaired) electrons. The Bertz CT molecular complexity index is 1440. The van der Waals surface area contributed by atoms with E-state index in [9.17, 15) is 31.5 Å². The molecule has 0 unspecified atom stereocenters. The molecular weight excluding hydrogens is 575 g/mol. The topological polar surface area (TPSA) is 127 Å². The van der Waals surface area contributed by atoms with Crippen LogP contribution in [-0.2, 0) is 22.7 Å². The minimum absolute atomic E-state index is 0.115. The molecule has 1 aliphatic rings. The minimum atomic E-state index is -5.08. The second-order valence-corrected chi connectivity index (χ2v) is 9.91. The molecule has 0 bridgehead atoms. The van der Waals surface area contributed by atoms with E-state index in [0.717, 1.165) is 52.6 Å². The molecule has 0 atom stereocenters. The molecule has 41 heavy (non-hydrogen) atoms. The normalized spacial score (nSPS) is 13.4. The number of nitrogens with zero attached hydrogens (tertiary/aromatic N) is 5. The lowest BCUT2D eigenvalue weighted by atomic mass is 10.1. The highest BCUT2D eigenvalue weighted by atomic mass is 32.1. The van der Waals surface area contributed by atoms with Crippen molar-refractivity contribution in [1.29, 1.82) is 0 Å². The molecule has 4 rings (SSSR count). The zero-order valence-electron chi connectivity index (χ0n) is 21.8. The SMILES string of the molecule is CC(=O)N1CCN(c2ccc(-c3csc(Cn4cnn(CC(CN)=C(F)F)c4=O)c3)cc2)CC1.O=C(O)C(F)(F)F. The van der Waals surface area contributed by atoms with Gasteiger partial charge >= 0.3 is 17.8 Å². The number of halogens is 5. The highest BCUT2D eigenvalue weighted by molar-refractivity contribution is 7.10. The van der Waals surface area contributed by atoms with Gasteiger partial charge in [0.15, 0.2) is 0 Å². The van der Waals surface area contributed by atoms with Crippen LogP contribution in [0.5, 0.6) is 0 Å². The molecule has 2 aromatic heterocycles. The van der Waals surface area contributed by atoms with Gasteiger partial charge in [-0.3, -0.25) is 9.36 Å². The van der Waals surface area contributed by atoms with Gasteiger partial charge in [0.25, 0.3) is 6.08 Å². The van der Waals surface area contributed by atoms with Crippen LogP contribution in [0.15, 0.2) is 58.5 Å². The number of aromatic nitrogens is 3. The molecule has 222 valence electrons. The molecule has 1 amide bonds. The summed E-state index contributed by atoms with van der Waals surface area (Å²) in [6.07, 6.45) is -5.61. The number of anilines is 1. The van der Waals surface area contributed by atoms with E-state index in [1.807, 2.05) is 16.3 Å². The number of carboxylic acids is 1. The zero-order chi connectivity index (χ0) is 30.3. The first-order chi connectivity index (χ1) is 19.3. The number of rotatable bonds is 7. The van der Waals surface area contributed by atoms with Crippen molar-refractivity contribution in [1.82, 2.24) is 19.2 Å². The van der Waals surface area contributed by atoms with Crippen LogP contribution in [0.2, 0.25) is 0 Å². The van der Waals surface area contributed by atoms with Crippen molar-refractivity contribution in [2.45, 2.75) is 26.2 Å². The third-order valence-corrected chi connectivity index (χ3v) is 7.09. The highest BCUT2D eigenvalue weighted by Crippen LogP contribution is 2.28. The predicted molar refractivity (Wildman–Crippen MR) is 142 cm³/mol. The third kappa shape index (κ3) is 8.47. The standard InChI is InChI=1S/C23H26F2N6O2S.C2HF3O2/c1-16(32)28-6-8-29(9-7-28)20-4-2-17(3-5-20)18-10-21(34-14-18)13-30-15-27-31(23(30)33)12-19(11-26)22(24)25;3-2(4,5)1(6)7/h2-5,10,14-15H,6-9,11-13,26H2,1H3;(H,6,7). The summed E-state index contributed by atoms with van der Waals surface area (Å²) in [6, 6.07) is 10.3. The molecule has 1 aromatic carbocycles. The van der Waals surface area contributed by atoms with Crippen molar-refractivity contribution >= 4 is 28.9 Å². The molecule has 0 aliphatic carbocycles. The Labute approximate surface area is 234 Å². The summed E-state index contributed by atoms with van der Waals surface area (Å²) in [7, 11) is 0. The van der Waals surface area contributed by atoms with Gasteiger partial charge in [0, 0.05) is 55.8 Å². The monoisotopic (exact) mass is 602 g/mol. The minimum Gasteiger partial charge on any atom is -0.475 e. The molecule has 1 saturated heterocycles. The Balaban J connectivity index is 0.000000587. The van der Waals surface area contributed by atoms with Crippen molar-refractivity contribution in [2.24, 2.45) is 5.73 Å². The molecule has 16 heteroatoms. The molecule has 3 heterocycles. The maximum absolute atomic E-state index is 12.8. The number of amides is 1. The van der Waals surface area contributed by atoms with E-state index < -0.39 is 23.9 Å². The summed E-state index contributed by atoms with van der Waals surface area (Å²) in [5, 5.41) is 13.1. The second kappa shape index (κ2) is 13.5. The van der Waals surface area contributed by atoms with Crippen LogP contribution in [0.1, 0.15) is 11.8 Å². The van der Waals surface area contributed by atoms with Gasteiger partial charge in [-0.25, -0.2) is 14.3 Å². The number of hydrogen-bond donors (Lipinski definition) is 2. The van der Waals surface area contributed by atoms with Crippen molar-refractivity contribution in [3.63, 3.8) is 0 Å². The van der Waals surface area contributed by atoms with E-state index in [0.29, 0.717) is 6.54 Å². The fourth-order valence-electron chi connectivity index (χ4n) is 3.90. The van der Waals surface area contributed by atoms with Crippen LogP contribution >= 0.6 is 11.3 Å². The van der Waals surface area contributed by atoms with Gasteiger partial charge < -0.3 is 20.6 Å². The second-order valence-electron chi connectivity index (χ2n) is 8.91. The van der Waals surface area contributed by atoms with Crippen molar-refractivity contribution in [3.8, 4) is 11.1 Å². The Morgan fingerprint density at radius 1 is 1.07 bits per heavy atom. The molecule has 3 N–H and O–H groups in total. The largest absolute Gasteiger partial charge is 0.490 e. The van der Waals surface area contributed by atoms with E-state index in [4.69, 9.17) is 15.6 Å². The van der Waals surface area contributed by atoms with Crippen LogP contribution in [0.3, 0.4) is 0 Å². The summed E-state index contributed by atoms with van der Waals surface area (Å²) < 4.78 is 59.8. The number of nitrogens with two attached hydrogens (primary N) is 1. The summed E-state index contributed by atoms with van der Waals surface area (Å²) in [5.74, 6) is -2.64. The fourth-order valence-corrected chi connectivity index (χ4v) is 4.79. The van der Waals surface area contributed by atoms with Crippen LogP contribution < -0.4 is 16.3 Å². The van der Waals surface area contributed by atoms with Crippen LogP contribution in [-0.4, -0.2) is 75.1 Å². The lowest BCUT2D eigenvalue weighted by Gasteiger charge is -2.35. The summed E-state index contributed by atoms with van der Waals surface area (Å²) >= 11 is 1.52. The van der Waals surface area contributed by atoms with Crippen molar-refractivity contribution in [3.05, 3.63) is 69.1 Å². The fraction of sp³-hybridized carbons (Fsp3) is 0.360. The first-order valence-corrected chi connectivity index (χ1v) is 13.0. The van der Waals surface area contributed by atoms with Crippen LogP contribution in [0.4, 0.5) is 27.6 Å². The summed E-state index contributed by atoms with van der Waals surface area (Å²) in [4.78, 5) is 38.0. The third-order valence-electron chi connectivity index (χ3n) is 6.16. The van der Waals surface area contributed by atoms with E-state index >= 15 is 0 Å². The van der Waals surface area contributed by atoms with Crippen LogP contribution in [0, 0.1) is 0 Å². The Kier molecular flexibility index (Phi) is 10.4. The number of carbonyl (C=O) groups excluding carboxylic acids is 1. The van der Waals surface area contributed by atoms with E-state index in [1.54, 1.807) is 6.92 Å². The highest BCUT2D eigenvalue weighted by Gasteiger charge is 2.38. The van der Waals surface area contributed by atoms with Gasteiger partial charge in [-0.1, -0.05) is 12.1 Å². The number of piperazine rings is 1. The first-order valence-electron chi connectivity index (χ1n) is 12.1. The molecule has 1 fully saturated rings. The number of thiophene rings is 1. The number of benzene rings is 1. The molecule has 1 aliphatic heterocycles. The summed E-state index contributed by atoms with van der Waals surface area (Å²) in [5.41, 5.74) is 7.78. The number of carboxylic acid groups (broad SMARTS) is 1. The smallest absolute Gasteiger partial charge is 0.475 e. The van der Waals surface area contributed by atoms with Gasteiger partial charge in [0.1, 0.15) is 6.33 Å².